The number of hydrogen-bond donors (Lipinski definition) is 2. The number of nitrogens with one attached hydrogen (secondary N) is 1. The fraction of sp³-hybridized carbons (Fsp3) is 1.00. The quantitative estimate of drug-likeness (QED) is 0.514. The van der Waals surface area contributed by atoms with E-state index in [1.165, 1.54) is 0 Å². The van der Waals surface area contributed by atoms with E-state index < -0.39 is 0 Å². The van der Waals surface area contributed by atoms with Crippen molar-refractivity contribution in [1.82, 2.24) is 5.32 Å². The zero-order valence-corrected chi connectivity index (χ0v) is 11.6. The Morgan fingerprint density at radius 3 is 2.47 bits per heavy atom. The summed E-state index contributed by atoms with van der Waals surface area (Å²) < 4.78 is 10.3. The van der Waals surface area contributed by atoms with Gasteiger partial charge in [-0.3, -0.25) is 0 Å². The molecule has 0 aromatic rings. The first kappa shape index (κ1) is 16.8. The van der Waals surface area contributed by atoms with Crippen LogP contribution in [-0.4, -0.2) is 50.7 Å². The fourth-order valence-corrected chi connectivity index (χ4v) is 1.78. The van der Waals surface area contributed by atoms with Gasteiger partial charge in [0.15, 0.2) is 0 Å². The summed E-state index contributed by atoms with van der Waals surface area (Å²) in [5.41, 5.74) is -0.124. The Balaban J connectivity index is 3.75. The van der Waals surface area contributed by atoms with E-state index in [1.54, 1.807) is 7.11 Å². The standard InChI is InChI=1S/C13H29NO3/c1-4-8-14-13(5-2,12-15)7-6-9-17-11-10-16-3/h14-15H,4-12H2,1-3H3. The Hall–Kier alpha value is -0.160. The molecule has 4 nitrogen and oxygen atoms in total. The van der Waals surface area contributed by atoms with Crippen LogP contribution >= 0.6 is 0 Å². The van der Waals surface area contributed by atoms with E-state index in [0.29, 0.717) is 13.2 Å². The van der Waals surface area contributed by atoms with Crippen LogP contribution < -0.4 is 5.32 Å². The van der Waals surface area contributed by atoms with Gasteiger partial charge in [0.2, 0.25) is 0 Å². The van der Waals surface area contributed by atoms with E-state index >= 15 is 0 Å². The SMILES string of the molecule is CCCNC(CC)(CO)CCCOCCOC. The summed E-state index contributed by atoms with van der Waals surface area (Å²) in [4.78, 5) is 0. The second-order valence-electron chi connectivity index (χ2n) is 4.43. The second kappa shape index (κ2) is 11.0. The molecule has 0 bridgehead atoms. The van der Waals surface area contributed by atoms with Crippen molar-refractivity contribution >= 4 is 0 Å². The maximum Gasteiger partial charge on any atom is 0.0700 e. The Morgan fingerprint density at radius 1 is 1.18 bits per heavy atom. The highest BCUT2D eigenvalue weighted by Gasteiger charge is 2.25. The third-order valence-corrected chi connectivity index (χ3v) is 3.11. The van der Waals surface area contributed by atoms with Gasteiger partial charge in [-0.2, -0.15) is 0 Å². The highest BCUT2D eigenvalue weighted by molar-refractivity contribution is 4.85. The van der Waals surface area contributed by atoms with E-state index in [4.69, 9.17) is 9.47 Å². The Labute approximate surface area is 106 Å². The van der Waals surface area contributed by atoms with Gasteiger partial charge in [0.25, 0.3) is 0 Å². The minimum absolute atomic E-state index is 0.124. The molecule has 0 aliphatic heterocycles. The topological polar surface area (TPSA) is 50.7 Å². The summed E-state index contributed by atoms with van der Waals surface area (Å²) in [6, 6.07) is 0. The number of hydrogen-bond acceptors (Lipinski definition) is 4. The first-order valence-corrected chi connectivity index (χ1v) is 6.67. The first-order valence-electron chi connectivity index (χ1n) is 6.67. The summed E-state index contributed by atoms with van der Waals surface area (Å²) in [6.07, 6.45) is 3.95. The summed E-state index contributed by atoms with van der Waals surface area (Å²) >= 11 is 0. The third kappa shape index (κ3) is 7.71. The molecule has 0 amide bonds. The summed E-state index contributed by atoms with van der Waals surface area (Å²) in [5, 5.41) is 13.0. The van der Waals surface area contributed by atoms with Crippen LogP contribution in [0.2, 0.25) is 0 Å². The van der Waals surface area contributed by atoms with Gasteiger partial charge in [-0.1, -0.05) is 13.8 Å². The molecular weight excluding hydrogens is 218 g/mol. The molecule has 17 heavy (non-hydrogen) atoms. The molecule has 1 unspecified atom stereocenters. The van der Waals surface area contributed by atoms with Gasteiger partial charge in [-0.05, 0) is 32.2 Å². The maximum atomic E-state index is 9.52. The monoisotopic (exact) mass is 247 g/mol. The van der Waals surface area contributed by atoms with Gasteiger partial charge >= 0.3 is 0 Å². The minimum Gasteiger partial charge on any atom is -0.394 e. The first-order chi connectivity index (χ1) is 8.24. The lowest BCUT2D eigenvalue weighted by Gasteiger charge is -2.32. The molecule has 0 radical (unpaired) electrons. The number of aliphatic hydroxyl groups is 1. The molecule has 0 aliphatic carbocycles. The van der Waals surface area contributed by atoms with Gasteiger partial charge in [-0.25, -0.2) is 0 Å². The van der Waals surface area contributed by atoms with Gasteiger partial charge in [0.1, 0.15) is 0 Å². The fourth-order valence-electron chi connectivity index (χ4n) is 1.78. The summed E-state index contributed by atoms with van der Waals surface area (Å²) in [5.74, 6) is 0. The van der Waals surface area contributed by atoms with Crippen molar-refractivity contribution in [2.45, 2.75) is 45.1 Å². The lowest BCUT2D eigenvalue weighted by atomic mass is 9.91. The van der Waals surface area contributed by atoms with Crippen LogP contribution in [0.1, 0.15) is 39.5 Å². The highest BCUT2D eigenvalue weighted by atomic mass is 16.5. The van der Waals surface area contributed by atoms with E-state index in [9.17, 15) is 5.11 Å². The second-order valence-corrected chi connectivity index (χ2v) is 4.43. The molecule has 0 fully saturated rings. The van der Waals surface area contributed by atoms with Gasteiger partial charge < -0.3 is 19.9 Å². The number of ether oxygens (including phenoxy) is 2. The molecule has 104 valence electrons. The summed E-state index contributed by atoms with van der Waals surface area (Å²) in [7, 11) is 1.67. The number of aliphatic hydroxyl groups excluding tert-OH is 1. The maximum absolute atomic E-state index is 9.52. The van der Waals surface area contributed by atoms with Crippen molar-refractivity contribution in [2.75, 3.05) is 40.1 Å². The van der Waals surface area contributed by atoms with Crippen molar-refractivity contribution in [3.05, 3.63) is 0 Å². The van der Waals surface area contributed by atoms with Crippen molar-refractivity contribution in [2.24, 2.45) is 0 Å². The lowest BCUT2D eigenvalue weighted by Crippen LogP contribution is -2.48. The molecule has 0 spiro atoms. The van der Waals surface area contributed by atoms with Crippen LogP contribution in [0.4, 0.5) is 0 Å². The predicted molar refractivity (Wildman–Crippen MR) is 70.3 cm³/mol. The molecule has 0 saturated carbocycles. The smallest absolute Gasteiger partial charge is 0.0700 e. The predicted octanol–water partition coefficient (Wildman–Crippen LogP) is 1.57. The molecule has 0 heterocycles. The van der Waals surface area contributed by atoms with E-state index in [2.05, 4.69) is 19.2 Å². The Bertz CT molecular complexity index is 161. The largest absolute Gasteiger partial charge is 0.394 e. The molecule has 0 aromatic heterocycles. The van der Waals surface area contributed by atoms with E-state index in [-0.39, 0.29) is 12.1 Å². The van der Waals surface area contributed by atoms with Crippen LogP contribution in [0.25, 0.3) is 0 Å². The van der Waals surface area contributed by atoms with Crippen LogP contribution in [0.3, 0.4) is 0 Å². The van der Waals surface area contributed by atoms with Gasteiger partial charge in [0.05, 0.1) is 19.8 Å². The molecule has 4 heteroatoms. The van der Waals surface area contributed by atoms with Gasteiger partial charge in [0, 0.05) is 19.3 Å². The van der Waals surface area contributed by atoms with Crippen LogP contribution in [0.15, 0.2) is 0 Å². The van der Waals surface area contributed by atoms with Crippen molar-refractivity contribution < 1.29 is 14.6 Å². The molecule has 2 N–H and O–H groups in total. The molecule has 0 aromatic carbocycles. The normalized spacial score (nSPS) is 14.8. The average Bonchev–Trinajstić information content (AvgIpc) is 2.38. The van der Waals surface area contributed by atoms with Crippen molar-refractivity contribution in [1.29, 1.82) is 0 Å². The minimum atomic E-state index is -0.124. The van der Waals surface area contributed by atoms with Crippen molar-refractivity contribution in [3.8, 4) is 0 Å². The molecular formula is C13H29NO3. The Morgan fingerprint density at radius 2 is 1.94 bits per heavy atom. The molecule has 0 aliphatic rings. The van der Waals surface area contributed by atoms with Crippen LogP contribution in [0, 0.1) is 0 Å². The van der Waals surface area contributed by atoms with Crippen molar-refractivity contribution in [3.63, 3.8) is 0 Å². The van der Waals surface area contributed by atoms with E-state index in [0.717, 1.165) is 38.8 Å². The van der Waals surface area contributed by atoms with Crippen LogP contribution in [-0.2, 0) is 9.47 Å². The van der Waals surface area contributed by atoms with Crippen LogP contribution in [0.5, 0.6) is 0 Å². The number of methoxy groups -OCH3 is 1. The number of rotatable bonds is 12. The highest BCUT2D eigenvalue weighted by Crippen LogP contribution is 2.17. The lowest BCUT2D eigenvalue weighted by molar-refractivity contribution is 0.0610. The van der Waals surface area contributed by atoms with E-state index in [1.807, 2.05) is 0 Å². The third-order valence-electron chi connectivity index (χ3n) is 3.11. The molecule has 0 rings (SSSR count). The Kier molecular flexibility index (Phi) is 10.9. The summed E-state index contributed by atoms with van der Waals surface area (Å²) in [6.45, 7) is 7.44. The zero-order chi connectivity index (χ0) is 13.0. The average molecular weight is 247 g/mol. The molecule has 0 saturated heterocycles. The van der Waals surface area contributed by atoms with Gasteiger partial charge in [-0.15, -0.1) is 0 Å². The molecule has 1 atom stereocenters. The zero-order valence-electron chi connectivity index (χ0n) is 11.6.